The van der Waals surface area contributed by atoms with Crippen LogP contribution in [0.1, 0.15) is 85.0 Å². The van der Waals surface area contributed by atoms with Crippen molar-refractivity contribution in [3.05, 3.63) is 11.6 Å². The second kappa shape index (κ2) is 7.45. The van der Waals surface area contributed by atoms with Crippen molar-refractivity contribution in [1.82, 2.24) is 0 Å². The van der Waals surface area contributed by atoms with Crippen LogP contribution in [0.15, 0.2) is 11.6 Å². The second-order valence-corrected chi connectivity index (χ2v) is 11.0. The van der Waals surface area contributed by atoms with Crippen molar-refractivity contribution in [3.63, 3.8) is 0 Å². The standard InChI is InChI=1S/C25H40O3/c1-16(5-10-23(27)28-4)20-8-9-21-19-7-6-17-15-18(26)11-13-24(17,2)22(19)12-14-25(20,21)3/h6,16,18-22,26H,5,7-15H2,1-4H3/t16-,18+,19?,20-,21?,22?,24+,25-/m1/s1. The van der Waals surface area contributed by atoms with E-state index in [-0.39, 0.29) is 12.1 Å². The van der Waals surface area contributed by atoms with Crippen LogP contribution in [-0.2, 0) is 9.53 Å². The molecule has 0 radical (unpaired) electrons. The van der Waals surface area contributed by atoms with Gasteiger partial charge in [0.1, 0.15) is 0 Å². The number of esters is 1. The van der Waals surface area contributed by atoms with E-state index in [1.54, 1.807) is 5.57 Å². The predicted octanol–water partition coefficient (Wildman–Crippen LogP) is 5.52. The molecule has 3 saturated carbocycles. The predicted molar refractivity (Wildman–Crippen MR) is 112 cm³/mol. The Hall–Kier alpha value is -0.830. The first kappa shape index (κ1) is 20.4. The van der Waals surface area contributed by atoms with Crippen LogP contribution >= 0.6 is 0 Å². The van der Waals surface area contributed by atoms with Gasteiger partial charge in [-0.25, -0.2) is 0 Å². The average molecular weight is 389 g/mol. The highest BCUT2D eigenvalue weighted by molar-refractivity contribution is 5.69. The number of hydrogen-bond donors (Lipinski definition) is 1. The smallest absolute Gasteiger partial charge is 0.305 e. The number of methoxy groups -OCH3 is 1. The minimum atomic E-state index is -0.115. The van der Waals surface area contributed by atoms with Crippen molar-refractivity contribution in [2.24, 2.45) is 40.4 Å². The van der Waals surface area contributed by atoms with Gasteiger partial charge in [-0.05, 0) is 98.2 Å². The Kier molecular flexibility index (Phi) is 5.44. The molecule has 4 aliphatic rings. The number of carbonyl (C=O) groups excluding carboxylic acids is 1. The topological polar surface area (TPSA) is 46.5 Å². The molecule has 0 saturated heterocycles. The number of hydrogen-bond acceptors (Lipinski definition) is 3. The summed E-state index contributed by atoms with van der Waals surface area (Å²) in [5.41, 5.74) is 2.34. The summed E-state index contributed by atoms with van der Waals surface area (Å²) in [5, 5.41) is 10.2. The first-order valence-electron chi connectivity index (χ1n) is 11.7. The van der Waals surface area contributed by atoms with Gasteiger partial charge >= 0.3 is 5.97 Å². The minimum absolute atomic E-state index is 0.0624. The molecule has 0 spiro atoms. The number of allylic oxidation sites excluding steroid dienone is 1. The average Bonchev–Trinajstić information content (AvgIpc) is 3.03. The lowest BCUT2D eigenvalue weighted by Gasteiger charge is -2.58. The summed E-state index contributed by atoms with van der Waals surface area (Å²) in [7, 11) is 1.50. The Labute approximate surface area is 171 Å². The molecular weight excluding hydrogens is 348 g/mol. The van der Waals surface area contributed by atoms with E-state index in [0.29, 0.717) is 23.2 Å². The van der Waals surface area contributed by atoms with Gasteiger partial charge in [-0.2, -0.15) is 0 Å². The molecule has 0 heterocycles. The van der Waals surface area contributed by atoms with Crippen LogP contribution in [0.25, 0.3) is 0 Å². The summed E-state index contributed by atoms with van der Waals surface area (Å²) < 4.78 is 4.87. The molecule has 0 aromatic heterocycles. The summed E-state index contributed by atoms with van der Waals surface area (Å²) in [6.07, 6.45) is 13.6. The van der Waals surface area contributed by atoms with E-state index < -0.39 is 0 Å². The normalized spacial score (nSPS) is 46.0. The molecule has 28 heavy (non-hydrogen) atoms. The van der Waals surface area contributed by atoms with Gasteiger partial charge < -0.3 is 9.84 Å². The van der Waals surface area contributed by atoms with Crippen LogP contribution in [-0.4, -0.2) is 24.3 Å². The Balaban J connectivity index is 1.51. The van der Waals surface area contributed by atoms with Crippen LogP contribution in [0.3, 0.4) is 0 Å². The Morgan fingerprint density at radius 1 is 1.21 bits per heavy atom. The van der Waals surface area contributed by atoms with Crippen molar-refractivity contribution in [3.8, 4) is 0 Å². The number of ether oxygens (including phenoxy) is 1. The maximum absolute atomic E-state index is 11.6. The number of aliphatic hydroxyl groups excluding tert-OH is 1. The lowest BCUT2D eigenvalue weighted by molar-refractivity contribution is -0.141. The third kappa shape index (κ3) is 3.16. The van der Waals surface area contributed by atoms with E-state index in [2.05, 4.69) is 26.8 Å². The molecule has 158 valence electrons. The summed E-state index contributed by atoms with van der Waals surface area (Å²) >= 11 is 0. The summed E-state index contributed by atoms with van der Waals surface area (Å²) in [6, 6.07) is 0. The maximum Gasteiger partial charge on any atom is 0.305 e. The lowest BCUT2D eigenvalue weighted by Crippen LogP contribution is -2.50. The molecule has 0 aliphatic heterocycles. The first-order chi connectivity index (χ1) is 13.3. The fourth-order valence-corrected chi connectivity index (χ4v) is 8.27. The Bertz CT molecular complexity index is 640. The van der Waals surface area contributed by atoms with Gasteiger partial charge in [0, 0.05) is 6.42 Å². The van der Waals surface area contributed by atoms with Gasteiger partial charge in [0.05, 0.1) is 13.2 Å². The zero-order valence-corrected chi connectivity index (χ0v) is 18.4. The Morgan fingerprint density at radius 2 is 2.00 bits per heavy atom. The highest BCUT2D eigenvalue weighted by Gasteiger charge is 2.59. The third-order valence-electron chi connectivity index (χ3n) is 9.87. The highest BCUT2D eigenvalue weighted by atomic mass is 16.5. The molecule has 3 nitrogen and oxygen atoms in total. The van der Waals surface area contributed by atoms with Crippen molar-refractivity contribution < 1.29 is 14.6 Å². The van der Waals surface area contributed by atoms with Gasteiger partial charge in [0.15, 0.2) is 0 Å². The molecule has 0 amide bonds. The molecule has 3 fully saturated rings. The second-order valence-electron chi connectivity index (χ2n) is 11.0. The highest BCUT2D eigenvalue weighted by Crippen LogP contribution is 2.67. The molecule has 0 aromatic rings. The molecule has 0 bridgehead atoms. The summed E-state index contributed by atoms with van der Waals surface area (Å²) in [5.74, 6) is 3.74. The monoisotopic (exact) mass is 388 g/mol. The van der Waals surface area contributed by atoms with Crippen molar-refractivity contribution >= 4 is 5.97 Å². The van der Waals surface area contributed by atoms with Crippen LogP contribution in [0.2, 0.25) is 0 Å². The number of rotatable bonds is 4. The van der Waals surface area contributed by atoms with Gasteiger partial charge in [0.25, 0.3) is 0 Å². The zero-order valence-electron chi connectivity index (χ0n) is 18.4. The minimum Gasteiger partial charge on any atom is -0.469 e. The lowest BCUT2D eigenvalue weighted by atomic mass is 9.47. The molecule has 3 unspecified atom stereocenters. The third-order valence-corrected chi connectivity index (χ3v) is 9.87. The fraction of sp³-hybridized carbons (Fsp3) is 0.880. The van der Waals surface area contributed by atoms with Crippen LogP contribution in [0.5, 0.6) is 0 Å². The molecule has 1 N–H and O–H groups in total. The summed E-state index contributed by atoms with van der Waals surface area (Å²) in [4.78, 5) is 11.6. The number of carbonyl (C=O) groups is 1. The van der Waals surface area contributed by atoms with Gasteiger partial charge in [-0.1, -0.05) is 32.4 Å². The van der Waals surface area contributed by atoms with E-state index in [1.807, 2.05) is 0 Å². The molecule has 0 aromatic carbocycles. The summed E-state index contributed by atoms with van der Waals surface area (Å²) in [6.45, 7) is 7.46. The van der Waals surface area contributed by atoms with Crippen LogP contribution in [0.4, 0.5) is 0 Å². The first-order valence-corrected chi connectivity index (χ1v) is 11.7. The van der Waals surface area contributed by atoms with E-state index >= 15 is 0 Å². The Morgan fingerprint density at radius 3 is 2.75 bits per heavy atom. The molecule has 3 heteroatoms. The zero-order chi connectivity index (χ0) is 20.1. The number of aliphatic hydroxyl groups is 1. The van der Waals surface area contributed by atoms with Crippen LogP contribution < -0.4 is 0 Å². The van der Waals surface area contributed by atoms with Crippen molar-refractivity contribution in [2.75, 3.05) is 7.11 Å². The SMILES string of the molecule is COC(=O)CC[C@@H](C)[C@H]1CCC2C3CC=C4C[C@@H](O)CC[C@]4(C)C3CC[C@@]21C. The van der Waals surface area contributed by atoms with Gasteiger partial charge in [-0.3, -0.25) is 4.79 Å². The van der Waals surface area contributed by atoms with E-state index in [1.165, 1.54) is 45.6 Å². The molecule has 4 rings (SSSR count). The van der Waals surface area contributed by atoms with Gasteiger partial charge in [0.2, 0.25) is 0 Å². The quantitative estimate of drug-likeness (QED) is 0.510. The fourth-order valence-electron chi connectivity index (χ4n) is 8.27. The maximum atomic E-state index is 11.6. The van der Waals surface area contributed by atoms with Crippen LogP contribution in [0, 0.1) is 40.4 Å². The molecule has 8 atom stereocenters. The van der Waals surface area contributed by atoms with Gasteiger partial charge in [-0.15, -0.1) is 0 Å². The van der Waals surface area contributed by atoms with E-state index in [9.17, 15) is 9.90 Å². The molecule has 4 aliphatic carbocycles. The van der Waals surface area contributed by atoms with Crippen molar-refractivity contribution in [2.45, 2.75) is 91.1 Å². The van der Waals surface area contributed by atoms with Crippen molar-refractivity contribution in [1.29, 1.82) is 0 Å². The van der Waals surface area contributed by atoms with E-state index in [0.717, 1.165) is 42.9 Å². The van der Waals surface area contributed by atoms with E-state index in [4.69, 9.17) is 4.74 Å². The molecular formula is C25H40O3. The largest absolute Gasteiger partial charge is 0.469 e. The number of fused-ring (bicyclic) bond motifs is 5.